The summed E-state index contributed by atoms with van der Waals surface area (Å²) in [6.07, 6.45) is 7.95. The van der Waals surface area contributed by atoms with Crippen molar-refractivity contribution < 1.29 is 29.0 Å². The number of carboxylic acid groups (broad SMARTS) is 1. The van der Waals surface area contributed by atoms with Gasteiger partial charge in [-0.25, -0.2) is 4.79 Å². The van der Waals surface area contributed by atoms with Crippen molar-refractivity contribution in [3.05, 3.63) is 34.9 Å². The van der Waals surface area contributed by atoms with Crippen LogP contribution < -0.4 is 14.8 Å². The van der Waals surface area contributed by atoms with Gasteiger partial charge in [0.25, 0.3) is 0 Å². The first-order valence-electron chi connectivity index (χ1n) is 13.7. The molecule has 7 heteroatoms. The van der Waals surface area contributed by atoms with E-state index < -0.39 is 23.9 Å². The number of amides is 1. The van der Waals surface area contributed by atoms with Crippen LogP contribution in [-0.2, 0) is 20.8 Å². The van der Waals surface area contributed by atoms with E-state index in [2.05, 4.69) is 45.2 Å². The highest BCUT2D eigenvalue weighted by Crippen LogP contribution is 2.53. The van der Waals surface area contributed by atoms with E-state index in [1.165, 1.54) is 5.57 Å². The predicted molar refractivity (Wildman–Crippen MR) is 143 cm³/mol. The van der Waals surface area contributed by atoms with Gasteiger partial charge in [-0.2, -0.15) is 0 Å². The topological polar surface area (TPSA) is 102 Å². The second kappa shape index (κ2) is 12.1. The number of esters is 1. The molecular formula is C30H43NO6. The van der Waals surface area contributed by atoms with Crippen LogP contribution in [0.2, 0.25) is 0 Å². The maximum absolute atomic E-state index is 13.4. The van der Waals surface area contributed by atoms with Gasteiger partial charge in [-0.3, -0.25) is 9.59 Å². The molecule has 2 aliphatic rings. The standard InChI is InChI=1S/C30H43NO6/c1-7-8-9-10-20-16-23(36-29(35)28(18(2)3)31-25(32)13-14-26(33)34)27-21-15-19(4)11-12-22(21)30(5,6)37-24(27)17-20/h15-18,21-22,28H,7-14H2,1-6H3,(H,31,32)(H,33,34)/t21?,22?,28-/m1/s1. The number of carbonyl (C=O) groups is 3. The van der Waals surface area contributed by atoms with Gasteiger partial charge in [-0.1, -0.05) is 45.3 Å². The van der Waals surface area contributed by atoms with Gasteiger partial charge in [0.05, 0.1) is 6.42 Å². The predicted octanol–water partition coefficient (Wildman–Crippen LogP) is 5.94. The third-order valence-electron chi connectivity index (χ3n) is 7.59. The van der Waals surface area contributed by atoms with Crippen molar-refractivity contribution in [1.82, 2.24) is 5.32 Å². The number of allylic oxidation sites excluding steroid dienone is 2. The van der Waals surface area contributed by atoms with Gasteiger partial charge in [0.1, 0.15) is 23.1 Å². The molecule has 1 heterocycles. The molecule has 3 atom stereocenters. The number of carboxylic acids is 1. The van der Waals surface area contributed by atoms with Crippen LogP contribution in [0.3, 0.4) is 0 Å². The maximum atomic E-state index is 13.4. The van der Waals surface area contributed by atoms with Gasteiger partial charge in [-0.05, 0) is 70.1 Å². The highest BCUT2D eigenvalue weighted by Gasteiger charge is 2.46. The average Bonchev–Trinajstić information content (AvgIpc) is 2.80. The van der Waals surface area contributed by atoms with Crippen LogP contribution in [0.25, 0.3) is 0 Å². The third kappa shape index (κ3) is 7.14. The van der Waals surface area contributed by atoms with Crippen LogP contribution in [0.15, 0.2) is 23.8 Å². The molecule has 2 N–H and O–H groups in total. The van der Waals surface area contributed by atoms with E-state index in [9.17, 15) is 14.4 Å². The zero-order valence-corrected chi connectivity index (χ0v) is 23.2. The molecule has 0 radical (unpaired) electrons. The molecule has 0 saturated carbocycles. The molecule has 3 rings (SSSR count). The fourth-order valence-corrected chi connectivity index (χ4v) is 5.50. The number of hydrogen-bond donors (Lipinski definition) is 2. The highest BCUT2D eigenvalue weighted by atomic mass is 16.5. The second-order valence-electron chi connectivity index (χ2n) is 11.5. The van der Waals surface area contributed by atoms with Crippen molar-refractivity contribution >= 4 is 17.8 Å². The number of fused-ring (bicyclic) bond motifs is 3. The molecule has 0 bridgehead atoms. The normalized spacial score (nSPS) is 20.7. The van der Waals surface area contributed by atoms with Crippen LogP contribution >= 0.6 is 0 Å². The third-order valence-corrected chi connectivity index (χ3v) is 7.59. The summed E-state index contributed by atoms with van der Waals surface area (Å²) < 4.78 is 12.7. The summed E-state index contributed by atoms with van der Waals surface area (Å²) in [5.41, 5.74) is 2.93. The van der Waals surface area contributed by atoms with Gasteiger partial charge in [0, 0.05) is 23.8 Å². The summed E-state index contributed by atoms with van der Waals surface area (Å²) in [5.74, 6) is -0.736. The van der Waals surface area contributed by atoms with Crippen molar-refractivity contribution in [2.45, 2.75) is 110 Å². The maximum Gasteiger partial charge on any atom is 0.334 e. The number of carbonyl (C=O) groups excluding carboxylic acids is 2. The summed E-state index contributed by atoms with van der Waals surface area (Å²) >= 11 is 0. The van der Waals surface area contributed by atoms with Crippen LogP contribution in [0.4, 0.5) is 0 Å². The zero-order valence-electron chi connectivity index (χ0n) is 23.2. The van der Waals surface area contributed by atoms with Gasteiger partial charge in [-0.15, -0.1) is 0 Å². The number of aryl methyl sites for hydroxylation is 1. The van der Waals surface area contributed by atoms with Crippen molar-refractivity contribution in [1.29, 1.82) is 0 Å². The van der Waals surface area contributed by atoms with Crippen molar-refractivity contribution in [3.63, 3.8) is 0 Å². The molecule has 0 saturated heterocycles. The average molecular weight is 514 g/mol. The monoisotopic (exact) mass is 513 g/mol. The Morgan fingerprint density at radius 3 is 2.57 bits per heavy atom. The molecule has 1 aliphatic heterocycles. The van der Waals surface area contributed by atoms with Crippen LogP contribution in [-0.4, -0.2) is 34.6 Å². The molecule has 2 unspecified atom stereocenters. The summed E-state index contributed by atoms with van der Waals surface area (Å²) in [6, 6.07) is 3.18. The Bertz CT molecular complexity index is 1040. The smallest absolute Gasteiger partial charge is 0.334 e. The van der Waals surface area contributed by atoms with Gasteiger partial charge >= 0.3 is 11.9 Å². The van der Waals surface area contributed by atoms with Crippen LogP contribution in [0.1, 0.15) is 104 Å². The fraction of sp³-hybridized carbons (Fsp3) is 0.633. The Hall–Kier alpha value is -2.83. The van der Waals surface area contributed by atoms with E-state index in [1.807, 2.05) is 19.9 Å². The number of aliphatic carboxylic acids is 1. The Balaban J connectivity index is 1.97. The summed E-state index contributed by atoms with van der Waals surface area (Å²) in [4.78, 5) is 36.6. The van der Waals surface area contributed by atoms with E-state index in [-0.39, 0.29) is 36.2 Å². The van der Waals surface area contributed by atoms with E-state index in [4.69, 9.17) is 14.6 Å². The first-order chi connectivity index (χ1) is 17.4. The minimum absolute atomic E-state index is 0.0719. The number of nitrogens with one attached hydrogen (secondary N) is 1. The first-order valence-corrected chi connectivity index (χ1v) is 13.7. The number of hydrogen-bond acceptors (Lipinski definition) is 5. The van der Waals surface area contributed by atoms with E-state index in [0.717, 1.165) is 55.4 Å². The lowest BCUT2D eigenvalue weighted by atomic mass is 9.68. The largest absolute Gasteiger partial charge is 0.487 e. The number of ether oxygens (including phenoxy) is 2. The zero-order chi connectivity index (χ0) is 27.3. The van der Waals surface area contributed by atoms with Crippen molar-refractivity contribution in [3.8, 4) is 11.5 Å². The Morgan fingerprint density at radius 2 is 1.92 bits per heavy atom. The number of rotatable bonds is 11. The molecule has 1 aromatic carbocycles. The van der Waals surface area contributed by atoms with Gasteiger partial charge < -0.3 is 19.9 Å². The molecule has 1 aliphatic carbocycles. The second-order valence-corrected chi connectivity index (χ2v) is 11.5. The number of benzene rings is 1. The van der Waals surface area contributed by atoms with E-state index in [0.29, 0.717) is 5.75 Å². The molecule has 1 aromatic rings. The molecule has 0 fully saturated rings. The quantitative estimate of drug-likeness (QED) is 0.164. The molecule has 1 amide bonds. The first kappa shape index (κ1) is 28.7. The lowest BCUT2D eigenvalue weighted by molar-refractivity contribution is -0.141. The van der Waals surface area contributed by atoms with Crippen LogP contribution in [0, 0.1) is 11.8 Å². The van der Waals surface area contributed by atoms with Crippen molar-refractivity contribution in [2.24, 2.45) is 11.8 Å². The van der Waals surface area contributed by atoms with Gasteiger partial charge in [0.15, 0.2) is 0 Å². The summed E-state index contributed by atoms with van der Waals surface area (Å²) in [5, 5.41) is 11.6. The Morgan fingerprint density at radius 1 is 1.19 bits per heavy atom. The highest BCUT2D eigenvalue weighted by molar-refractivity contribution is 5.87. The molecule has 37 heavy (non-hydrogen) atoms. The molecular weight excluding hydrogens is 470 g/mol. The Kier molecular flexibility index (Phi) is 9.43. The Labute approximate surface area is 221 Å². The minimum atomic E-state index is -1.06. The molecule has 7 nitrogen and oxygen atoms in total. The van der Waals surface area contributed by atoms with Crippen molar-refractivity contribution in [2.75, 3.05) is 0 Å². The SMILES string of the molecule is CCCCCc1cc(OC(=O)[C@H](NC(=O)CCC(=O)O)C(C)C)c2c(c1)OC(C)(C)C1CCC(C)=CC21. The number of unbranched alkanes of at least 4 members (excludes halogenated alkanes) is 2. The van der Waals surface area contributed by atoms with Crippen LogP contribution in [0.5, 0.6) is 11.5 Å². The van der Waals surface area contributed by atoms with E-state index >= 15 is 0 Å². The summed E-state index contributed by atoms with van der Waals surface area (Å²) in [7, 11) is 0. The molecule has 0 aromatic heterocycles. The summed E-state index contributed by atoms with van der Waals surface area (Å²) in [6.45, 7) is 12.2. The molecule has 204 valence electrons. The lowest BCUT2D eigenvalue weighted by Gasteiger charge is -2.46. The fourth-order valence-electron chi connectivity index (χ4n) is 5.50. The van der Waals surface area contributed by atoms with E-state index in [1.54, 1.807) is 0 Å². The lowest BCUT2D eigenvalue weighted by Crippen LogP contribution is -2.47. The van der Waals surface area contributed by atoms with Gasteiger partial charge in [0.2, 0.25) is 5.91 Å². The molecule has 0 spiro atoms. The minimum Gasteiger partial charge on any atom is -0.487 e.